The van der Waals surface area contributed by atoms with E-state index in [0.29, 0.717) is 5.76 Å². The lowest BCUT2D eigenvalue weighted by atomic mass is 9.91. The van der Waals surface area contributed by atoms with Crippen LogP contribution in [0.4, 0.5) is 0 Å². The first kappa shape index (κ1) is 10.1. The number of hydrogen-bond donors (Lipinski definition) is 0. The zero-order valence-electron chi connectivity index (χ0n) is 9.41. The zero-order chi connectivity index (χ0) is 11.7. The van der Waals surface area contributed by atoms with E-state index in [2.05, 4.69) is 29.8 Å². The summed E-state index contributed by atoms with van der Waals surface area (Å²) in [6.07, 6.45) is 12.3. The molecule has 0 bridgehead atoms. The van der Waals surface area contributed by atoms with Gasteiger partial charge >= 0.3 is 0 Å². The quantitative estimate of drug-likeness (QED) is 0.729. The Balaban J connectivity index is 2.00. The molecule has 0 radical (unpaired) electrons. The van der Waals surface area contributed by atoms with E-state index in [-0.39, 0.29) is 12.0 Å². The van der Waals surface area contributed by atoms with Crippen molar-refractivity contribution in [3.63, 3.8) is 0 Å². The molecule has 2 heteroatoms. The third kappa shape index (κ3) is 1.82. The normalized spacial score (nSPS) is 26.1. The summed E-state index contributed by atoms with van der Waals surface area (Å²) in [5.41, 5.74) is 1.91. The van der Waals surface area contributed by atoms with Gasteiger partial charge in [-0.3, -0.25) is 4.98 Å². The molecule has 0 saturated carbocycles. The fraction of sp³-hybridized carbons (Fsp3) is 0.133. The average Bonchev–Trinajstić information content (AvgIpc) is 2.39. The van der Waals surface area contributed by atoms with Gasteiger partial charge in [0.1, 0.15) is 11.9 Å². The molecule has 0 saturated heterocycles. The van der Waals surface area contributed by atoms with Gasteiger partial charge in [-0.05, 0) is 18.2 Å². The third-order valence-electron chi connectivity index (χ3n) is 3.00. The highest BCUT2D eigenvalue weighted by Gasteiger charge is 2.26. The molecule has 2 unspecified atom stereocenters. The van der Waals surface area contributed by atoms with Gasteiger partial charge in [0.2, 0.25) is 0 Å². The first-order valence-corrected chi connectivity index (χ1v) is 5.69. The van der Waals surface area contributed by atoms with Crippen LogP contribution >= 0.6 is 0 Å². The van der Waals surface area contributed by atoms with E-state index >= 15 is 0 Å². The molecule has 0 N–H and O–H groups in total. The monoisotopic (exact) mass is 223 g/mol. The third-order valence-corrected chi connectivity index (χ3v) is 3.00. The second-order valence-corrected chi connectivity index (χ2v) is 4.15. The van der Waals surface area contributed by atoms with E-state index < -0.39 is 0 Å². The molecule has 0 fully saturated rings. The van der Waals surface area contributed by atoms with E-state index in [4.69, 9.17) is 4.74 Å². The molecule has 2 atom stereocenters. The van der Waals surface area contributed by atoms with Gasteiger partial charge in [-0.25, -0.2) is 0 Å². The molecule has 2 nitrogen and oxygen atoms in total. The number of ether oxygens (including phenoxy) is 1. The van der Waals surface area contributed by atoms with Crippen molar-refractivity contribution in [3.8, 4) is 0 Å². The summed E-state index contributed by atoms with van der Waals surface area (Å²) in [6.45, 7) is 3.97. The van der Waals surface area contributed by atoms with Crippen molar-refractivity contribution in [3.05, 3.63) is 72.8 Å². The summed E-state index contributed by atoms with van der Waals surface area (Å²) in [5, 5.41) is 0. The lowest BCUT2D eigenvalue weighted by molar-refractivity contribution is 0.138. The van der Waals surface area contributed by atoms with Gasteiger partial charge in [-0.15, -0.1) is 0 Å². The molecule has 2 aliphatic rings. The maximum atomic E-state index is 5.82. The molecule has 1 aliphatic heterocycles. The summed E-state index contributed by atoms with van der Waals surface area (Å²) >= 11 is 0. The van der Waals surface area contributed by atoms with E-state index in [9.17, 15) is 0 Å². The molecule has 17 heavy (non-hydrogen) atoms. The number of rotatable bonds is 1. The molecular weight excluding hydrogens is 210 g/mol. The van der Waals surface area contributed by atoms with Crippen LogP contribution in [0.3, 0.4) is 0 Å². The van der Waals surface area contributed by atoms with Crippen molar-refractivity contribution in [2.75, 3.05) is 0 Å². The highest BCUT2D eigenvalue weighted by atomic mass is 16.5. The van der Waals surface area contributed by atoms with Crippen LogP contribution in [0.2, 0.25) is 0 Å². The van der Waals surface area contributed by atoms with Gasteiger partial charge in [0.05, 0.1) is 5.69 Å². The Morgan fingerprint density at radius 2 is 2.06 bits per heavy atom. The smallest absolute Gasteiger partial charge is 0.127 e. The van der Waals surface area contributed by atoms with Crippen molar-refractivity contribution < 1.29 is 4.74 Å². The number of hydrogen-bond acceptors (Lipinski definition) is 2. The molecule has 1 aromatic heterocycles. The Morgan fingerprint density at radius 1 is 1.18 bits per heavy atom. The van der Waals surface area contributed by atoms with E-state index in [1.807, 2.05) is 30.4 Å². The number of fused-ring (bicyclic) bond motifs is 1. The van der Waals surface area contributed by atoms with E-state index in [1.54, 1.807) is 6.20 Å². The van der Waals surface area contributed by atoms with E-state index in [0.717, 1.165) is 11.3 Å². The predicted molar refractivity (Wildman–Crippen MR) is 68.0 cm³/mol. The fourth-order valence-corrected chi connectivity index (χ4v) is 2.14. The van der Waals surface area contributed by atoms with Crippen LogP contribution in [0.1, 0.15) is 5.69 Å². The van der Waals surface area contributed by atoms with Crippen LogP contribution in [0, 0.1) is 5.92 Å². The van der Waals surface area contributed by atoms with E-state index in [1.165, 1.54) is 0 Å². The molecule has 84 valence electrons. The lowest BCUT2D eigenvalue weighted by Crippen LogP contribution is -2.24. The molecule has 2 heterocycles. The van der Waals surface area contributed by atoms with Gasteiger partial charge in [0, 0.05) is 17.7 Å². The first-order chi connectivity index (χ1) is 8.34. The van der Waals surface area contributed by atoms with Crippen LogP contribution in [-0.2, 0) is 4.74 Å². The molecular formula is C15H13NO. The summed E-state index contributed by atoms with van der Waals surface area (Å²) < 4.78 is 5.82. The largest absolute Gasteiger partial charge is 0.485 e. The fourth-order valence-electron chi connectivity index (χ4n) is 2.14. The second kappa shape index (κ2) is 4.06. The Morgan fingerprint density at radius 3 is 2.88 bits per heavy atom. The van der Waals surface area contributed by atoms with Crippen LogP contribution < -0.4 is 0 Å². The number of allylic oxidation sites excluding steroid dienone is 3. The highest BCUT2D eigenvalue weighted by molar-refractivity contribution is 5.76. The maximum Gasteiger partial charge on any atom is 0.127 e. The lowest BCUT2D eigenvalue weighted by Gasteiger charge is -2.30. The average molecular weight is 223 g/mol. The van der Waals surface area contributed by atoms with Crippen molar-refractivity contribution in [2.45, 2.75) is 6.10 Å². The minimum absolute atomic E-state index is 0.0833. The molecule has 0 spiro atoms. The van der Waals surface area contributed by atoms with Crippen molar-refractivity contribution >= 4 is 5.57 Å². The maximum absolute atomic E-state index is 5.82. The van der Waals surface area contributed by atoms with Crippen LogP contribution in [0.25, 0.3) is 5.57 Å². The minimum Gasteiger partial charge on any atom is -0.485 e. The highest BCUT2D eigenvalue weighted by Crippen LogP contribution is 2.33. The molecule has 1 aromatic rings. The second-order valence-electron chi connectivity index (χ2n) is 4.15. The van der Waals surface area contributed by atoms with Crippen molar-refractivity contribution in [1.29, 1.82) is 0 Å². The zero-order valence-corrected chi connectivity index (χ0v) is 9.41. The first-order valence-electron chi connectivity index (χ1n) is 5.69. The molecule has 3 rings (SSSR count). The summed E-state index contributed by atoms with van der Waals surface area (Å²) in [7, 11) is 0. The Bertz CT molecular complexity index is 525. The summed E-state index contributed by atoms with van der Waals surface area (Å²) in [6, 6.07) is 5.85. The Kier molecular flexibility index (Phi) is 2.41. The number of pyridine rings is 1. The molecule has 0 amide bonds. The number of nitrogens with zero attached hydrogens (tertiary/aromatic N) is 1. The van der Waals surface area contributed by atoms with Gasteiger partial charge in [0.25, 0.3) is 0 Å². The van der Waals surface area contributed by atoms with Gasteiger partial charge in [0.15, 0.2) is 0 Å². The van der Waals surface area contributed by atoms with Crippen LogP contribution in [0.15, 0.2) is 67.1 Å². The minimum atomic E-state index is 0.0833. The van der Waals surface area contributed by atoms with Gasteiger partial charge < -0.3 is 4.74 Å². The Hall–Kier alpha value is -2.09. The topological polar surface area (TPSA) is 22.1 Å². The Labute approximate surface area is 101 Å². The van der Waals surface area contributed by atoms with Gasteiger partial charge in [-0.1, -0.05) is 36.9 Å². The standard InChI is InChI=1S/C15H13NO/c1-11-13(14-7-4-5-9-16-14)10-12-6-2-3-8-15(12)17-11/h2-10,12,15H,1H2. The van der Waals surface area contributed by atoms with Crippen molar-refractivity contribution in [2.24, 2.45) is 5.92 Å². The molecule has 0 aromatic carbocycles. The SMILES string of the molecule is C=C1OC2C=CC=CC2C=C1c1ccccn1. The predicted octanol–water partition coefficient (Wildman–Crippen LogP) is 3.12. The van der Waals surface area contributed by atoms with Gasteiger partial charge in [-0.2, -0.15) is 0 Å². The van der Waals surface area contributed by atoms with Crippen molar-refractivity contribution in [1.82, 2.24) is 4.98 Å². The summed E-state index contributed by atoms with van der Waals surface area (Å²) in [4.78, 5) is 4.34. The van der Waals surface area contributed by atoms with Crippen LogP contribution in [0.5, 0.6) is 0 Å². The van der Waals surface area contributed by atoms with Crippen LogP contribution in [-0.4, -0.2) is 11.1 Å². The number of aromatic nitrogens is 1. The summed E-state index contributed by atoms with van der Waals surface area (Å²) in [5.74, 6) is 0.979. The molecule has 1 aliphatic carbocycles.